The topological polar surface area (TPSA) is 78.9 Å². The summed E-state index contributed by atoms with van der Waals surface area (Å²) in [5, 5.41) is 8.86. The van der Waals surface area contributed by atoms with Gasteiger partial charge in [-0.15, -0.1) is 0 Å². The molecular weight excluding hydrogens is 230 g/mol. The number of anilines is 2. The second-order valence-electron chi connectivity index (χ2n) is 4.07. The number of carbonyl (C=O) groups excluding carboxylic acids is 1. The average Bonchev–Trinajstić information content (AvgIpc) is 2.38. The molecule has 1 amide bonds. The number of hydrogen-bond donors (Lipinski definition) is 3. The van der Waals surface area contributed by atoms with Crippen molar-refractivity contribution in [3.8, 4) is 0 Å². The third-order valence-electron chi connectivity index (χ3n) is 2.56. The Balaban J connectivity index is 2.30. The summed E-state index contributed by atoms with van der Waals surface area (Å²) in [5.74, 6) is 1.33. The largest absolute Gasteiger partial charge is 0.369 e. The molecule has 1 aromatic heterocycles. The first-order chi connectivity index (χ1) is 8.65. The van der Waals surface area contributed by atoms with Crippen molar-refractivity contribution in [2.75, 3.05) is 24.2 Å². The lowest BCUT2D eigenvalue weighted by Crippen LogP contribution is -2.33. The maximum absolute atomic E-state index is 11.5. The van der Waals surface area contributed by atoms with Crippen LogP contribution in [-0.2, 0) is 4.79 Å². The molecule has 3 N–H and O–H groups in total. The Morgan fingerprint density at radius 3 is 2.94 bits per heavy atom. The molecule has 1 unspecified atom stereocenters. The van der Waals surface area contributed by atoms with Gasteiger partial charge in [-0.1, -0.05) is 6.92 Å². The maximum Gasteiger partial charge on any atom is 0.224 e. The van der Waals surface area contributed by atoms with E-state index in [1.807, 2.05) is 13.8 Å². The zero-order chi connectivity index (χ0) is 13.4. The first-order valence-corrected chi connectivity index (χ1v) is 6.19. The molecule has 1 heterocycles. The number of aromatic nitrogens is 2. The fourth-order valence-electron chi connectivity index (χ4n) is 1.33. The summed E-state index contributed by atoms with van der Waals surface area (Å²) in [6, 6.07) is 2.00. The van der Waals surface area contributed by atoms with E-state index < -0.39 is 0 Å². The van der Waals surface area contributed by atoms with Gasteiger partial charge in [0, 0.05) is 32.3 Å². The predicted molar refractivity (Wildman–Crippen MR) is 72.6 cm³/mol. The molecule has 0 aliphatic carbocycles. The lowest BCUT2D eigenvalue weighted by atomic mass is 10.2. The van der Waals surface area contributed by atoms with Crippen molar-refractivity contribution in [2.45, 2.75) is 32.7 Å². The fraction of sp³-hybridized carbons (Fsp3) is 0.583. The van der Waals surface area contributed by atoms with Gasteiger partial charge in [-0.3, -0.25) is 4.79 Å². The van der Waals surface area contributed by atoms with E-state index in [4.69, 9.17) is 0 Å². The van der Waals surface area contributed by atoms with Crippen LogP contribution in [0.4, 0.5) is 11.8 Å². The molecule has 0 aliphatic rings. The minimum atomic E-state index is 0.0553. The second kappa shape index (κ2) is 7.47. The third kappa shape index (κ3) is 4.99. The van der Waals surface area contributed by atoms with Crippen molar-refractivity contribution >= 4 is 17.7 Å². The Bertz CT molecular complexity index is 382. The molecule has 1 aromatic rings. The van der Waals surface area contributed by atoms with Crippen LogP contribution in [0.25, 0.3) is 0 Å². The summed E-state index contributed by atoms with van der Waals surface area (Å²) < 4.78 is 0. The lowest BCUT2D eigenvalue weighted by molar-refractivity contribution is -0.121. The molecule has 18 heavy (non-hydrogen) atoms. The van der Waals surface area contributed by atoms with Gasteiger partial charge in [0.15, 0.2) is 0 Å². The van der Waals surface area contributed by atoms with Gasteiger partial charge in [0.1, 0.15) is 5.82 Å². The highest BCUT2D eigenvalue weighted by molar-refractivity contribution is 5.76. The highest BCUT2D eigenvalue weighted by Gasteiger charge is 2.05. The Morgan fingerprint density at radius 1 is 1.50 bits per heavy atom. The number of nitrogens with zero attached hydrogens (tertiary/aromatic N) is 2. The van der Waals surface area contributed by atoms with Gasteiger partial charge in [-0.2, -0.15) is 4.98 Å². The van der Waals surface area contributed by atoms with E-state index in [2.05, 4.69) is 25.9 Å². The molecule has 0 spiro atoms. The molecule has 1 atom stereocenters. The molecule has 0 radical (unpaired) electrons. The summed E-state index contributed by atoms with van der Waals surface area (Å²) in [4.78, 5) is 19.7. The van der Waals surface area contributed by atoms with E-state index in [9.17, 15) is 4.79 Å². The minimum Gasteiger partial charge on any atom is -0.369 e. The van der Waals surface area contributed by atoms with Crippen molar-refractivity contribution in [1.82, 2.24) is 15.3 Å². The van der Waals surface area contributed by atoms with Gasteiger partial charge in [0.05, 0.1) is 0 Å². The normalized spacial score (nSPS) is 11.7. The summed E-state index contributed by atoms with van der Waals surface area (Å²) >= 11 is 0. The molecule has 0 aromatic carbocycles. The minimum absolute atomic E-state index is 0.0553. The summed E-state index contributed by atoms with van der Waals surface area (Å²) in [7, 11) is 1.76. The van der Waals surface area contributed by atoms with E-state index in [0.29, 0.717) is 24.7 Å². The van der Waals surface area contributed by atoms with Crippen molar-refractivity contribution < 1.29 is 4.79 Å². The first kappa shape index (κ1) is 14.2. The quantitative estimate of drug-likeness (QED) is 0.679. The predicted octanol–water partition coefficient (Wildman–Crippen LogP) is 1.23. The van der Waals surface area contributed by atoms with Gasteiger partial charge in [0.25, 0.3) is 0 Å². The van der Waals surface area contributed by atoms with E-state index in [0.717, 1.165) is 6.42 Å². The van der Waals surface area contributed by atoms with Crippen LogP contribution in [0.5, 0.6) is 0 Å². The lowest BCUT2D eigenvalue weighted by Gasteiger charge is -2.11. The van der Waals surface area contributed by atoms with Gasteiger partial charge in [-0.05, 0) is 19.4 Å². The number of nitrogens with one attached hydrogen (secondary N) is 3. The van der Waals surface area contributed by atoms with E-state index in [1.165, 1.54) is 0 Å². The second-order valence-corrected chi connectivity index (χ2v) is 4.07. The molecule has 0 bridgehead atoms. The monoisotopic (exact) mass is 251 g/mol. The van der Waals surface area contributed by atoms with Crippen LogP contribution in [0.1, 0.15) is 26.7 Å². The summed E-state index contributed by atoms with van der Waals surface area (Å²) in [6.45, 7) is 4.60. The van der Waals surface area contributed by atoms with Crippen LogP contribution in [0.2, 0.25) is 0 Å². The van der Waals surface area contributed by atoms with Crippen molar-refractivity contribution in [2.24, 2.45) is 0 Å². The molecule has 0 aliphatic heterocycles. The van der Waals surface area contributed by atoms with Gasteiger partial charge >= 0.3 is 0 Å². The van der Waals surface area contributed by atoms with Gasteiger partial charge < -0.3 is 16.0 Å². The summed E-state index contributed by atoms with van der Waals surface area (Å²) in [6.07, 6.45) is 3.04. The van der Waals surface area contributed by atoms with E-state index >= 15 is 0 Å². The average molecular weight is 251 g/mol. The number of rotatable bonds is 7. The zero-order valence-electron chi connectivity index (χ0n) is 11.2. The van der Waals surface area contributed by atoms with Crippen LogP contribution in [0.3, 0.4) is 0 Å². The maximum atomic E-state index is 11.5. The molecule has 1 rings (SSSR count). The fourth-order valence-corrected chi connectivity index (χ4v) is 1.33. The Hall–Kier alpha value is -1.85. The molecule has 0 saturated carbocycles. The molecule has 0 fully saturated rings. The van der Waals surface area contributed by atoms with Crippen LogP contribution in [0, 0.1) is 0 Å². The van der Waals surface area contributed by atoms with Crippen molar-refractivity contribution in [1.29, 1.82) is 0 Å². The number of amides is 1. The third-order valence-corrected chi connectivity index (χ3v) is 2.56. The molecule has 6 nitrogen and oxygen atoms in total. The Morgan fingerprint density at radius 2 is 2.28 bits per heavy atom. The SMILES string of the molecule is CCC(C)NC(=O)CCNc1ccnc(NC)n1. The number of carbonyl (C=O) groups is 1. The van der Waals surface area contributed by atoms with Crippen LogP contribution in [0.15, 0.2) is 12.3 Å². The smallest absolute Gasteiger partial charge is 0.224 e. The first-order valence-electron chi connectivity index (χ1n) is 6.19. The van der Waals surface area contributed by atoms with Gasteiger partial charge in [-0.25, -0.2) is 4.98 Å². The zero-order valence-corrected chi connectivity index (χ0v) is 11.2. The van der Waals surface area contributed by atoms with Crippen LogP contribution in [-0.4, -0.2) is 35.5 Å². The van der Waals surface area contributed by atoms with E-state index in [1.54, 1.807) is 19.3 Å². The van der Waals surface area contributed by atoms with Gasteiger partial charge in [0.2, 0.25) is 11.9 Å². The summed E-state index contributed by atoms with van der Waals surface area (Å²) in [5.41, 5.74) is 0. The number of hydrogen-bond acceptors (Lipinski definition) is 5. The molecule has 100 valence electrons. The highest BCUT2D eigenvalue weighted by atomic mass is 16.1. The molecule has 0 saturated heterocycles. The standard InChI is InChI=1S/C12H21N5O/c1-4-9(2)16-11(18)6-8-14-10-5-7-15-12(13-3)17-10/h5,7,9H,4,6,8H2,1-3H3,(H,16,18)(H2,13,14,15,17). The van der Waals surface area contributed by atoms with Crippen LogP contribution >= 0.6 is 0 Å². The van der Waals surface area contributed by atoms with Crippen molar-refractivity contribution in [3.05, 3.63) is 12.3 Å². The Kier molecular flexibility index (Phi) is 5.90. The van der Waals surface area contributed by atoms with Crippen molar-refractivity contribution in [3.63, 3.8) is 0 Å². The van der Waals surface area contributed by atoms with E-state index in [-0.39, 0.29) is 11.9 Å². The molecular formula is C12H21N5O. The molecule has 6 heteroatoms. The highest BCUT2D eigenvalue weighted by Crippen LogP contribution is 2.04. The van der Waals surface area contributed by atoms with Crippen LogP contribution < -0.4 is 16.0 Å². The Labute approximate surface area is 108 Å².